The van der Waals surface area contributed by atoms with Gasteiger partial charge in [-0.2, -0.15) is 10.5 Å². The first-order valence-electron chi connectivity index (χ1n) is 13.1. The summed E-state index contributed by atoms with van der Waals surface area (Å²) in [4.78, 5) is 4.32. The minimum atomic E-state index is 0. The van der Waals surface area contributed by atoms with Crippen LogP contribution in [0.3, 0.4) is 0 Å². The molecule has 0 aliphatic carbocycles. The lowest BCUT2D eigenvalue weighted by atomic mass is 9.99. The van der Waals surface area contributed by atoms with Crippen molar-refractivity contribution in [3.63, 3.8) is 0 Å². The molecule has 6 nitrogen and oxygen atoms in total. The molecule has 0 radical (unpaired) electrons. The first-order valence-corrected chi connectivity index (χ1v) is 13.1. The van der Waals surface area contributed by atoms with Crippen molar-refractivity contribution >= 4 is 136 Å². The van der Waals surface area contributed by atoms with E-state index in [9.17, 15) is 5.26 Å². The molecule has 4 heterocycles. The minimum Gasteiger partial charge on any atom is -0.387 e. The molecule has 1 aromatic rings. The molecule has 46 heavy (non-hydrogen) atoms. The van der Waals surface area contributed by atoms with Gasteiger partial charge in [0, 0.05) is 44.1 Å². The van der Waals surface area contributed by atoms with Crippen LogP contribution in [0, 0.1) is 22.7 Å². The van der Waals surface area contributed by atoms with Crippen molar-refractivity contribution < 1.29 is 4.48 Å². The van der Waals surface area contributed by atoms with Crippen LogP contribution in [0.1, 0.15) is 11.1 Å². The van der Waals surface area contributed by atoms with Crippen molar-refractivity contribution in [1.82, 2.24) is 15.1 Å². The van der Waals surface area contributed by atoms with Gasteiger partial charge in [-0.15, -0.1) is 136 Å². The molecule has 0 saturated heterocycles. The maximum absolute atomic E-state index is 9.68. The average Bonchev–Trinajstić information content (AvgIpc) is 2.96. The monoisotopic (exact) mass is 1140 g/mol. The zero-order valence-corrected chi connectivity index (χ0v) is 38.6. The van der Waals surface area contributed by atoms with Gasteiger partial charge in [-0.25, -0.2) is 0 Å². The summed E-state index contributed by atoms with van der Waals surface area (Å²) < 4.78 is 0.607. The Hall–Kier alpha value is -0.680. The average molecular weight is 1150 g/mol. The molecule has 0 amide bonds. The molecule has 1 aromatic carbocycles. The molecule has 4 aliphatic heterocycles. The van der Waals surface area contributed by atoms with Gasteiger partial charge in [-0.05, 0) is 64.4 Å². The lowest BCUT2D eigenvalue weighted by Gasteiger charge is -2.35. The van der Waals surface area contributed by atoms with Crippen molar-refractivity contribution in [2.24, 2.45) is 0 Å². The highest BCUT2D eigenvalue weighted by Crippen LogP contribution is 2.27. The molecule has 0 spiro atoms. The van der Waals surface area contributed by atoms with E-state index in [0.29, 0.717) is 17.6 Å². The summed E-state index contributed by atoms with van der Waals surface area (Å²) in [7, 11) is 0. The topological polar surface area (TPSA) is 66.1 Å². The summed E-state index contributed by atoms with van der Waals surface area (Å²) in [6.07, 6.45) is 25.9. The van der Waals surface area contributed by atoms with Crippen LogP contribution >= 0.6 is 136 Å². The predicted molar refractivity (Wildman–Crippen MR) is 233 cm³/mol. The predicted octanol–water partition coefficient (Wildman–Crippen LogP) is 9.18. The molecule has 1 atom stereocenters. The van der Waals surface area contributed by atoms with Crippen LogP contribution in [-0.2, 0) is 13.1 Å². The van der Waals surface area contributed by atoms with E-state index < -0.39 is 0 Å². The zero-order chi connectivity index (χ0) is 26.2. The first-order chi connectivity index (χ1) is 18.7. The van der Waals surface area contributed by atoms with Gasteiger partial charge >= 0.3 is 0 Å². The molecule has 254 valence electrons. The highest BCUT2D eigenvalue weighted by molar-refractivity contribution is 8.93. The van der Waals surface area contributed by atoms with Crippen LogP contribution in [0.2, 0.25) is 0 Å². The Morgan fingerprint density at radius 3 is 1.76 bits per heavy atom. The SMILES string of the molecule is Br.Br.Br.Br.Br.Br.Br.Br.N#CCN1C=CC(C2=CCN(Cc3ccccc3C[N+]3(CC#N)C=CC(C4=CCNC=C4)=CC3)C=C2)=CC1. The summed E-state index contributed by atoms with van der Waals surface area (Å²) >= 11 is 0. The molecule has 14 heteroatoms. The van der Waals surface area contributed by atoms with Crippen molar-refractivity contribution in [1.29, 1.82) is 10.5 Å². The molecule has 4 aliphatic rings. The van der Waals surface area contributed by atoms with Gasteiger partial charge in [0.05, 0.1) is 12.3 Å². The van der Waals surface area contributed by atoms with Crippen LogP contribution in [0.15, 0.2) is 120 Å². The molecule has 5 rings (SSSR count). The normalized spacial score (nSPS) is 18.2. The van der Waals surface area contributed by atoms with E-state index in [4.69, 9.17) is 5.26 Å². The Labute approximate surface area is 357 Å². The molecule has 0 saturated carbocycles. The Bertz CT molecular complexity index is 1420. The molecule has 1 N–H and O–H groups in total. The van der Waals surface area contributed by atoms with Crippen LogP contribution < -0.4 is 5.32 Å². The van der Waals surface area contributed by atoms with Gasteiger partial charge in [0.2, 0.25) is 0 Å². The third-order valence-electron chi connectivity index (χ3n) is 7.39. The van der Waals surface area contributed by atoms with Crippen molar-refractivity contribution in [2.75, 3.05) is 39.3 Å². The smallest absolute Gasteiger partial charge is 0.171 e. The fourth-order valence-electron chi connectivity index (χ4n) is 5.20. The van der Waals surface area contributed by atoms with Crippen LogP contribution in [-0.4, -0.2) is 53.6 Å². The number of benzene rings is 1. The van der Waals surface area contributed by atoms with Crippen LogP contribution in [0.5, 0.6) is 0 Å². The minimum absolute atomic E-state index is 0. The second-order valence-electron chi connectivity index (χ2n) is 9.99. The Morgan fingerprint density at radius 1 is 0.674 bits per heavy atom. The summed E-state index contributed by atoms with van der Waals surface area (Å²) in [5.41, 5.74) is 7.46. The van der Waals surface area contributed by atoms with Crippen LogP contribution in [0.4, 0.5) is 0 Å². The number of allylic oxidation sites excluding steroid dienone is 8. The van der Waals surface area contributed by atoms with E-state index in [1.165, 1.54) is 33.4 Å². The summed E-state index contributed by atoms with van der Waals surface area (Å²) in [6, 6.07) is 13.2. The number of dihydropyridines is 1. The second-order valence-corrected chi connectivity index (χ2v) is 9.99. The van der Waals surface area contributed by atoms with Crippen molar-refractivity contribution in [3.8, 4) is 12.1 Å². The van der Waals surface area contributed by atoms with E-state index in [2.05, 4.69) is 108 Å². The number of rotatable bonds is 8. The lowest BCUT2D eigenvalue weighted by molar-refractivity contribution is -0.881. The first kappa shape index (κ1) is 52.1. The largest absolute Gasteiger partial charge is 0.387 e. The third-order valence-corrected chi connectivity index (χ3v) is 7.39. The molecule has 0 bridgehead atoms. The standard InChI is InChI=1S/C32H33N6.8BrH/c33-13-21-36-17-7-28(8-18-36)29-9-19-37(20-10-29)25-31-3-1-2-4-32(31)26-38(24-14-34)22-11-30(12-23-38)27-5-15-35-16-6-27;;;;;;;;/h1-12,15,17,19,22,35H,16,18,20-21,23-26H2;8*1H/q+1;;;;;;;;. The summed E-state index contributed by atoms with van der Waals surface area (Å²) in [5, 5.41) is 21.8. The number of nitrogens with zero attached hydrogens (tertiary/aromatic N) is 5. The lowest BCUT2D eigenvalue weighted by Crippen LogP contribution is -2.44. The quantitative estimate of drug-likeness (QED) is 0.208. The summed E-state index contributed by atoms with van der Waals surface area (Å²) in [5.74, 6) is 0. The van der Waals surface area contributed by atoms with Gasteiger partial charge in [-0.1, -0.05) is 42.5 Å². The van der Waals surface area contributed by atoms with E-state index >= 15 is 0 Å². The van der Waals surface area contributed by atoms with E-state index in [1.54, 1.807) is 0 Å². The van der Waals surface area contributed by atoms with E-state index in [-0.39, 0.29) is 136 Å². The molecule has 0 aromatic heterocycles. The Balaban J connectivity index is -0.00000110. The Kier molecular flexibility index (Phi) is 29.7. The van der Waals surface area contributed by atoms with E-state index in [0.717, 1.165) is 39.3 Å². The fraction of sp³-hybridized carbons (Fsp3) is 0.250. The van der Waals surface area contributed by atoms with Gasteiger partial charge in [0.15, 0.2) is 6.54 Å². The maximum atomic E-state index is 9.68. The highest BCUT2D eigenvalue weighted by Gasteiger charge is 2.28. The number of nitrogens with one attached hydrogen (secondary N) is 1. The van der Waals surface area contributed by atoms with E-state index in [1.807, 2.05) is 17.3 Å². The van der Waals surface area contributed by atoms with Gasteiger partial charge in [0.1, 0.15) is 25.7 Å². The molecular formula is C32H41Br8N6+. The number of quaternary nitrogens is 1. The van der Waals surface area contributed by atoms with Crippen LogP contribution in [0.25, 0.3) is 0 Å². The van der Waals surface area contributed by atoms with Gasteiger partial charge in [0.25, 0.3) is 0 Å². The third kappa shape index (κ3) is 14.0. The number of hydrogen-bond acceptors (Lipinski definition) is 5. The Morgan fingerprint density at radius 2 is 1.26 bits per heavy atom. The molecule has 1 unspecified atom stereocenters. The van der Waals surface area contributed by atoms with Crippen molar-refractivity contribution in [2.45, 2.75) is 13.1 Å². The zero-order valence-electron chi connectivity index (χ0n) is 24.9. The maximum Gasteiger partial charge on any atom is 0.171 e. The summed E-state index contributed by atoms with van der Waals surface area (Å²) in [6.45, 7) is 5.72. The number of halogens is 8. The highest BCUT2D eigenvalue weighted by atomic mass is 79.9. The number of hydrogen-bond donors (Lipinski definition) is 1. The van der Waals surface area contributed by atoms with Crippen molar-refractivity contribution in [3.05, 3.63) is 131 Å². The molecular weight excluding hydrogens is 1110 g/mol. The molecule has 0 fully saturated rings. The van der Waals surface area contributed by atoms with Gasteiger partial charge in [-0.3, -0.25) is 4.48 Å². The second kappa shape index (κ2) is 26.2. The number of nitriles is 2. The fourth-order valence-corrected chi connectivity index (χ4v) is 5.20. The van der Waals surface area contributed by atoms with Gasteiger partial charge < -0.3 is 15.1 Å².